The summed E-state index contributed by atoms with van der Waals surface area (Å²) in [5.41, 5.74) is 10.6. The third-order valence-electron chi connectivity index (χ3n) is 9.25. The first-order valence-electron chi connectivity index (χ1n) is 17.2. The van der Waals surface area contributed by atoms with Gasteiger partial charge in [-0.15, -0.1) is 0 Å². The van der Waals surface area contributed by atoms with Crippen LogP contribution in [-0.2, 0) is 22.6 Å². The molecule has 1 saturated carbocycles. The number of benzene rings is 4. The van der Waals surface area contributed by atoms with Crippen LogP contribution >= 0.6 is 15.9 Å². The van der Waals surface area contributed by atoms with Crippen LogP contribution in [-0.4, -0.2) is 48.5 Å². The lowest BCUT2D eigenvalue weighted by molar-refractivity contribution is -0.189. The van der Waals surface area contributed by atoms with Gasteiger partial charge in [0.15, 0.2) is 0 Å². The number of hydrogen-bond acceptors (Lipinski definition) is 5. The molecule has 0 unspecified atom stereocenters. The number of rotatable bonds is 13. The second-order valence-corrected chi connectivity index (χ2v) is 14.0. The zero-order chi connectivity index (χ0) is 37.1. The summed E-state index contributed by atoms with van der Waals surface area (Å²) in [7, 11) is 0. The Morgan fingerprint density at radius 3 is 2.17 bits per heavy atom. The molecule has 1 aliphatic rings. The number of ether oxygens (including phenoxy) is 1. The van der Waals surface area contributed by atoms with Crippen molar-refractivity contribution in [3.8, 4) is 16.9 Å². The third kappa shape index (κ3) is 11.4. The van der Waals surface area contributed by atoms with E-state index in [4.69, 9.17) is 5.73 Å². The number of nitrogens with one attached hydrogen (secondary N) is 1. The molecule has 0 aromatic heterocycles. The van der Waals surface area contributed by atoms with Gasteiger partial charge in [-0.2, -0.15) is 13.2 Å². The summed E-state index contributed by atoms with van der Waals surface area (Å²) in [4.78, 5) is 39.6. The van der Waals surface area contributed by atoms with Crippen LogP contribution in [0.1, 0.15) is 52.7 Å². The van der Waals surface area contributed by atoms with Gasteiger partial charge in [-0.25, -0.2) is 4.79 Å². The van der Waals surface area contributed by atoms with Crippen LogP contribution < -0.4 is 15.8 Å². The molecule has 0 spiro atoms. The Bertz CT molecular complexity index is 1850. The minimum atomic E-state index is -5.10. The summed E-state index contributed by atoms with van der Waals surface area (Å²) in [6.45, 7) is 1.95. The largest absolute Gasteiger partial charge is 0.491 e. The van der Waals surface area contributed by atoms with Crippen LogP contribution in [0, 0.1) is 11.8 Å². The number of carbonyl (C=O) groups excluding carboxylic acids is 3. The van der Waals surface area contributed by atoms with Crippen LogP contribution in [0.25, 0.3) is 17.2 Å². The number of hydrogen-bond donors (Lipinski definition) is 2. The first kappa shape index (κ1) is 38.5. The Balaban J connectivity index is 1.27. The Labute approximate surface area is 310 Å². The van der Waals surface area contributed by atoms with Crippen molar-refractivity contribution in [2.75, 3.05) is 19.6 Å². The summed E-state index contributed by atoms with van der Waals surface area (Å²) >= 11 is 3.42. The molecule has 3 N–H and O–H groups in total. The maximum absolute atomic E-state index is 13.6. The molecule has 0 saturated heterocycles. The molecule has 0 radical (unpaired) electrons. The molecular weight excluding hydrogens is 735 g/mol. The van der Waals surface area contributed by atoms with Crippen LogP contribution in [0.3, 0.4) is 0 Å². The maximum atomic E-state index is 13.6. The van der Waals surface area contributed by atoms with E-state index in [-0.39, 0.29) is 24.1 Å². The Kier molecular flexibility index (Phi) is 13.4. The van der Waals surface area contributed by atoms with Gasteiger partial charge in [-0.1, -0.05) is 70.5 Å². The SMILES string of the molecule is NCC1CCC(CNC(=O)c2cccc(-c3cccc(CN(CCc4ccc(OC(=O)C(F)(F)F)cc4)C(=O)/C=C/c4ccc(Br)cc4)c3)c2)CC1. The second-order valence-electron chi connectivity index (χ2n) is 13.0. The third-order valence-corrected chi connectivity index (χ3v) is 9.77. The first-order chi connectivity index (χ1) is 25.0. The van der Waals surface area contributed by atoms with Gasteiger partial charge in [0, 0.05) is 35.7 Å². The molecule has 11 heteroatoms. The van der Waals surface area contributed by atoms with E-state index in [1.165, 1.54) is 18.2 Å². The highest BCUT2D eigenvalue weighted by molar-refractivity contribution is 9.10. The van der Waals surface area contributed by atoms with Crippen molar-refractivity contribution in [2.45, 2.75) is 44.8 Å². The number of amides is 2. The molecule has 7 nitrogen and oxygen atoms in total. The van der Waals surface area contributed by atoms with E-state index < -0.39 is 12.1 Å². The minimum Gasteiger partial charge on any atom is -0.420 e. The fourth-order valence-electron chi connectivity index (χ4n) is 6.19. The zero-order valence-corrected chi connectivity index (χ0v) is 30.2. The maximum Gasteiger partial charge on any atom is 0.491 e. The molecule has 1 aliphatic carbocycles. The van der Waals surface area contributed by atoms with Crippen molar-refractivity contribution >= 4 is 39.8 Å². The van der Waals surface area contributed by atoms with E-state index in [1.54, 1.807) is 29.2 Å². The van der Waals surface area contributed by atoms with Crippen LogP contribution in [0.15, 0.2) is 108 Å². The highest BCUT2D eigenvalue weighted by Crippen LogP contribution is 2.28. The summed E-state index contributed by atoms with van der Waals surface area (Å²) in [5, 5.41) is 3.11. The molecule has 4 aromatic rings. The number of carbonyl (C=O) groups is 3. The lowest BCUT2D eigenvalue weighted by Gasteiger charge is -2.27. The summed E-state index contributed by atoms with van der Waals surface area (Å²) in [5.74, 6) is -1.80. The van der Waals surface area contributed by atoms with Crippen LogP contribution in [0.4, 0.5) is 13.2 Å². The number of alkyl halides is 3. The van der Waals surface area contributed by atoms with E-state index in [1.807, 2.05) is 66.7 Å². The summed E-state index contributed by atoms with van der Waals surface area (Å²) in [6, 6.07) is 28.6. The van der Waals surface area contributed by atoms with Crippen LogP contribution in [0.2, 0.25) is 0 Å². The standard InChI is InChI=1S/C41H41BrF3N3O4/c42-36-16-11-28(12-17-36)15-20-38(49)48(22-21-29-13-18-37(19-14-29)52-40(51)41(43,44)45)27-32-3-1-4-33(23-32)34-5-2-6-35(24-34)39(50)47-26-31-9-7-30(25-46)8-10-31/h1-6,11-20,23-24,30-31H,7-10,21-22,25-27,46H2,(H,47,50)/b20-15+. The smallest absolute Gasteiger partial charge is 0.420 e. The van der Waals surface area contributed by atoms with Gasteiger partial charge in [0.2, 0.25) is 5.91 Å². The second kappa shape index (κ2) is 18.1. The van der Waals surface area contributed by atoms with Crippen molar-refractivity contribution in [2.24, 2.45) is 17.6 Å². The molecular formula is C41H41BrF3N3O4. The van der Waals surface area contributed by atoms with E-state index in [0.29, 0.717) is 36.9 Å². The molecule has 0 aliphatic heterocycles. The van der Waals surface area contributed by atoms with Crippen LogP contribution in [0.5, 0.6) is 5.75 Å². The average molecular weight is 777 g/mol. The van der Waals surface area contributed by atoms with Gasteiger partial charge in [-0.3, -0.25) is 9.59 Å². The molecule has 4 aromatic carbocycles. The van der Waals surface area contributed by atoms with Crippen molar-refractivity contribution in [3.63, 3.8) is 0 Å². The first-order valence-corrected chi connectivity index (χ1v) is 18.0. The fourth-order valence-corrected chi connectivity index (χ4v) is 6.45. The topological polar surface area (TPSA) is 102 Å². The highest BCUT2D eigenvalue weighted by atomic mass is 79.9. The molecule has 0 atom stereocenters. The Morgan fingerprint density at radius 2 is 1.50 bits per heavy atom. The van der Waals surface area contributed by atoms with Crippen molar-refractivity contribution in [1.82, 2.24) is 10.2 Å². The van der Waals surface area contributed by atoms with Gasteiger partial charge in [0.05, 0.1) is 0 Å². The predicted octanol–water partition coefficient (Wildman–Crippen LogP) is 8.36. The molecule has 272 valence electrons. The molecule has 5 rings (SSSR count). The Hall–Kier alpha value is -4.74. The van der Waals surface area contributed by atoms with Crippen molar-refractivity contribution in [3.05, 3.63) is 130 Å². The molecule has 2 amide bonds. The zero-order valence-electron chi connectivity index (χ0n) is 28.6. The number of nitrogens with two attached hydrogens (primary N) is 1. The lowest BCUT2D eigenvalue weighted by atomic mass is 9.82. The molecule has 0 bridgehead atoms. The van der Waals surface area contributed by atoms with E-state index in [0.717, 1.165) is 64.5 Å². The average Bonchev–Trinajstić information content (AvgIpc) is 3.15. The predicted molar refractivity (Wildman–Crippen MR) is 199 cm³/mol. The highest BCUT2D eigenvalue weighted by Gasteiger charge is 2.41. The van der Waals surface area contributed by atoms with Gasteiger partial charge in [0.25, 0.3) is 5.91 Å². The summed E-state index contributed by atoms with van der Waals surface area (Å²) < 4.78 is 43.1. The lowest BCUT2D eigenvalue weighted by Crippen LogP contribution is -2.32. The quantitative estimate of drug-likeness (QED) is 0.0808. The van der Waals surface area contributed by atoms with Gasteiger partial charge < -0.3 is 20.7 Å². The molecule has 0 heterocycles. The van der Waals surface area contributed by atoms with E-state index in [2.05, 4.69) is 26.0 Å². The van der Waals surface area contributed by atoms with Gasteiger partial charge in [-0.05, 0) is 127 Å². The van der Waals surface area contributed by atoms with Crippen molar-refractivity contribution < 1.29 is 32.3 Å². The minimum absolute atomic E-state index is 0.111. The Morgan fingerprint density at radius 1 is 0.846 bits per heavy atom. The van der Waals surface area contributed by atoms with Gasteiger partial charge >= 0.3 is 12.1 Å². The van der Waals surface area contributed by atoms with E-state index >= 15 is 0 Å². The van der Waals surface area contributed by atoms with Crippen molar-refractivity contribution in [1.29, 1.82) is 0 Å². The fraction of sp³-hybridized carbons (Fsp3) is 0.293. The molecule has 52 heavy (non-hydrogen) atoms. The number of nitrogens with zero attached hydrogens (tertiary/aromatic N) is 1. The number of esters is 1. The van der Waals surface area contributed by atoms with Gasteiger partial charge in [0.1, 0.15) is 5.75 Å². The summed E-state index contributed by atoms with van der Waals surface area (Å²) in [6.07, 6.45) is 2.91. The monoisotopic (exact) mass is 775 g/mol. The molecule has 1 fully saturated rings. The normalized spacial score (nSPS) is 16.0. The van der Waals surface area contributed by atoms with E-state index in [9.17, 15) is 27.6 Å². The number of halogens is 4.